The zero-order valence-electron chi connectivity index (χ0n) is 6.74. The van der Waals surface area contributed by atoms with Gasteiger partial charge in [-0.2, -0.15) is 0 Å². The average Bonchev–Trinajstić information content (AvgIpc) is 2.03. The maximum Gasteiger partial charge on any atom is 0.267 e. The lowest BCUT2D eigenvalue weighted by atomic mass is 10.1. The second kappa shape index (κ2) is 3.32. The number of aliphatic hydroxyl groups is 1. The third-order valence-corrected chi connectivity index (χ3v) is 1.68. The van der Waals surface area contributed by atoms with E-state index in [1.807, 2.05) is 0 Å². The number of amides is 1. The standard InChI is InChI=1S/C8H10N2O2/c1-5-2-3-10-7(8(9)12)6(5)4-11/h2-3,11H,4H2,1H3,(H2,9,12). The normalized spacial score (nSPS) is 9.83. The molecule has 1 aromatic rings. The third kappa shape index (κ3) is 1.43. The number of nitrogens with two attached hydrogens (primary N) is 1. The molecule has 1 rings (SSSR count). The van der Waals surface area contributed by atoms with Gasteiger partial charge in [0.25, 0.3) is 5.91 Å². The Morgan fingerprint density at radius 3 is 2.83 bits per heavy atom. The number of aromatic nitrogens is 1. The Labute approximate surface area is 70.0 Å². The summed E-state index contributed by atoms with van der Waals surface area (Å²) in [6.07, 6.45) is 1.49. The van der Waals surface area contributed by atoms with Crippen molar-refractivity contribution in [1.82, 2.24) is 4.98 Å². The summed E-state index contributed by atoms with van der Waals surface area (Å²) in [5, 5.41) is 8.90. The minimum atomic E-state index is -0.609. The van der Waals surface area contributed by atoms with E-state index in [9.17, 15) is 4.79 Å². The lowest BCUT2D eigenvalue weighted by molar-refractivity contribution is 0.0992. The molecule has 4 heteroatoms. The number of pyridine rings is 1. The average molecular weight is 166 g/mol. The van der Waals surface area contributed by atoms with Gasteiger partial charge >= 0.3 is 0 Å². The predicted octanol–water partition coefficient (Wildman–Crippen LogP) is -0.0188. The molecule has 0 atom stereocenters. The third-order valence-electron chi connectivity index (χ3n) is 1.68. The smallest absolute Gasteiger partial charge is 0.267 e. The van der Waals surface area contributed by atoms with Crippen LogP contribution < -0.4 is 5.73 Å². The first-order chi connectivity index (χ1) is 5.66. The first kappa shape index (κ1) is 8.67. The van der Waals surface area contributed by atoms with Crippen molar-refractivity contribution < 1.29 is 9.90 Å². The van der Waals surface area contributed by atoms with E-state index in [-0.39, 0.29) is 12.3 Å². The second-order valence-electron chi connectivity index (χ2n) is 2.48. The fourth-order valence-electron chi connectivity index (χ4n) is 1.00. The van der Waals surface area contributed by atoms with Gasteiger partial charge in [0.05, 0.1) is 6.61 Å². The summed E-state index contributed by atoms with van der Waals surface area (Å²) in [4.78, 5) is 14.6. The summed E-state index contributed by atoms with van der Waals surface area (Å²) < 4.78 is 0. The SMILES string of the molecule is Cc1ccnc(C(N)=O)c1CO. The molecule has 1 amide bonds. The molecule has 0 bridgehead atoms. The molecule has 3 N–H and O–H groups in total. The topological polar surface area (TPSA) is 76.2 Å². The molecule has 64 valence electrons. The number of aryl methyl sites for hydroxylation is 1. The van der Waals surface area contributed by atoms with Crippen molar-refractivity contribution in [3.8, 4) is 0 Å². The van der Waals surface area contributed by atoms with Gasteiger partial charge in [-0.15, -0.1) is 0 Å². The zero-order valence-corrected chi connectivity index (χ0v) is 6.74. The number of rotatable bonds is 2. The van der Waals surface area contributed by atoms with Gasteiger partial charge < -0.3 is 10.8 Å². The Bertz CT molecular complexity index is 310. The first-order valence-electron chi connectivity index (χ1n) is 3.52. The molecule has 0 saturated carbocycles. The second-order valence-corrected chi connectivity index (χ2v) is 2.48. The number of aliphatic hydroxyl groups excluding tert-OH is 1. The Morgan fingerprint density at radius 1 is 1.75 bits per heavy atom. The molecule has 0 unspecified atom stereocenters. The number of hydrogen-bond acceptors (Lipinski definition) is 3. The molecule has 1 heterocycles. The van der Waals surface area contributed by atoms with Gasteiger partial charge in [0.2, 0.25) is 0 Å². The van der Waals surface area contributed by atoms with Crippen molar-refractivity contribution in [2.45, 2.75) is 13.5 Å². The highest BCUT2D eigenvalue weighted by atomic mass is 16.3. The maximum atomic E-state index is 10.8. The van der Waals surface area contributed by atoms with E-state index in [1.54, 1.807) is 13.0 Å². The van der Waals surface area contributed by atoms with E-state index in [2.05, 4.69) is 4.98 Å². The highest BCUT2D eigenvalue weighted by molar-refractivity contribution is 5.92. The summed E-state index contributed by atoms with van der Waals surface area (Å²) in [5.74, 6) is -0.609. The molecule has 0 aliphatic heterocycles. The molecule has 0 aromatic carbocycles. The van der Waals surface area contributed by atoms with Gasteiger partial charge in [0, 0.05) is 11.8 Å². The highest BCUT2D eigenvalue weighted by Gasteiger charge is 2.10. The largest absolute Gasteiger partial charge is 0.392 e. The van der Waals surface area contributed by atoms with Crippen molar-refractivity contribution in [3.05, 3.63) is 29.1 Å². The molecule has 4 nitrogen and oxygen atoms in total. The summed E-state index contributed by atoms with van der Waals surface area (Å²) in [6.45, 7) is 1.58. The molecule has 0 aliphatic rings. The zero-order chi connectivity index (χ0) is 9.14. The van der Waals surface area contributed by atoms with Crippen LogP contribution in [-0.4, -0.2) is 16.0 Å². The van der Waals surface area contributed by atoms with Crippen LogP contribution in [0.3, 0.4) is 0 Å². The Hall–Kier alpha value is -1.42. The fourth-order valence-corrected chi connectivity index (χ4v) is 1.00. The van der Waals surface area contributed by atoms with Gasteiger partial charge in [0.1, 0.15) is 5.69 Å². The Kier molecular flexibility index (Phi) is 2.40. The van der Waals surface area contributed by atoms with Crippen LogP contribution in [0.4, 0.5) is 0 Å². The fraction of sp³-hybridized carbons (Fsp3) is 0.250. The van der Waals surface area contributed by atoms with Crippen molar-refractivity contribution in [1.29, 1.82) is 0 Å². The molecule has 12 heavy (non-hydrogen) atoms. The number of nitrogens with zero attached hydrogens (tertiary/aromatic N) is 1. The van der Waals surface area contributed by atoms with Crippen LogP contribution >= 0.6 is 0 Å². The molecule has 0 radical (unpaired) electrons. The van der Waals surface area contributed by atoms with Gasteiger partial charge in [-0.3, -0.25) is 9.78 Å². The van der Waals surface area contributed by atoms with Crippen LogP contribution in [0, 0.1) is 6.92 Å². The Morgan fingerprint density at radius 2 is 2.42 bits per heavy atom. The van der Waals surface area contributed by atoms with Crippen LogP contribution in [0.2, 0.25) is 0 Å². The highest BCUT2D eigenvalue weighted by Crippen LogP contribution is 2.10. The van der Waals surface area contributed by atoms with Crippen LogP contribution in [0.5, 0.6) is 0 Å². The van der Waals surface area contributed by atoms with E-state index < -0.39 is 5.91 Å². The van der Waals surface area contributed by atoms with Crippen LogP contribution in [0.25, 0.3) is 0 Å². The van der Waals surface area contributed by atoms with E-state index in [4.69, 9.17) is 10.8 Å². The number of hydrogen-bond donors (Lipinski definition) is 2. The van der Waals surface area contributed by atoms with Crippen molar-refractivity contribution >= 4 is 5.91 Å². The molecule has 0 saturated heterocycles. The van der Waals surface area contributed by atoms with E-state index in [1.165, 1.54) is 6.20 Å². The van der Waals surface area contributed by atoms with E-state index in [0.717, 1.165) is 5.56 Å². The predicted molar refractivity (Wildman–Crippen MR) is 43.4 cm³/mol. The van der Waals surface area contributed by atoms with Gasteiger partial charge in [-0.25, -0.2) is 0 Å². The monoisotopic (exact) mass is 166 g/mol. The first-order valence-corrected chi connectivity index (χ1v) is 3.52. The van der Waals surface area contributed by atoms with Crippen LogP contribution in [-0.2, 0) is 6.61 Å². The summed E-state index contributed by atoms with van der Waals surface area (Å²) in [6, 6.07) is 1.72. The minimum Gasteiger partial charge on any atom is -0.392 e. The number of carbonyl (C=O) groups is 1. The van der Waals surface area contributed by atoms with Gasteiger partial charge in [0.15, 0.2) is 0 Å². The van der Waals surface area contributed by atoms with Crippen molar-refractivity contribution in [3.63, 3.8) is 0 Å². The van der Waals surface area contributed by atoms with Crippen molar-refractivity contribution in [2.75, 3.05) is 0 Å². The number of carbonyl (C=O) groups excluding carboxylic acids is 1. The van der Waals surface area contributed by atoms with E-state index in [0.29, 0.717) is 5.56 Å². The summed E-state index contributed by atoms with van der Waals surface area (Å²) >= 11 is 0. The van der Waals surface area contributed by atoms with E-state index >= 15 is 0 Å². The van der Waals surface area contributed by atoms with Gasteiger partial charge in [-0.05, 0) is 18.6 Å². The van der Waals surface area contributed by atoms with Gasteiger partial charge in [-0.1, -0.05) is 0 Å². The molecule has 0 fully saturated rings. The maximum absolute atomic E-state index is 10.8. The molecule has 0 aliphatic carbocycles. The lowest BCUT2D eigenvalue weighted by Gasteiger charge is -2.04. The lowest BCUT2D eigenvalue weighted by Crippen LogP contribution is -2.16. The minimum absolute atomic E-state index is 0.150. The Balaban J connectivity index is 3.27. The molecular formula is C8H10N2O2. The summed E-state index contributed by atoms with van der Waals surface area (Å²) in [5.41, 5.74) is 6.52. The van der Waals surface area contributed by atoms with Crippen LogP contribution in [0.15, 0.2) is 12.3 Å². The summed E-state index contributed by atoms with van der Waals surface area (Å²) in [7, 11) is 0. The molecule has 1 aromatic heterocycles. The number of primary amides is 1. The van der Waals surface area contributed by atoms with Crippen LogP contribution in [0.1, 0.15) is 21.6 Å². The molecular weight excluding hydrogens is 156 g/mol. The molecule has 0 spiro atoms. The quantitative estimate of drug-likeness (QED) is 0.648. The van der Waals surface area contributed by atoms with Crippen molar-refractivity contribution in [2.24, 2.45) is 5.73 Å².